The van der Waals surface area contributed by atoms with E-state index in [0.717, 1.165) is 24.1 Å². The van der Waals surface area contributed by atoms with Crippen LogP contribution in [0.15, 0.2) is 102 Å². The molecule has 0 bridgehead atoms. The zero-order valence-corrected chi connectivity index (χ0v) is 31.6. The minimum atomic E-state index is -4.88. The van der Waals surface area contributed by atoms with Crippen molar-refractivity contribution >= 4 is 16.8 Å². The van der Waals surface area contributed by atoms with Gasteiger partial charge < -0.3 is 19.7 Å². The molecule has 0 saturated carbocycles. The second kappa shape index (κ2) is 18.7. The van der Waals surface area contributed by atoms with Crippen LogP contribution in [0.5, 0.6) is 5.75 Å². The third-order valence-corrected chi connectivity index (χ3v) is 9.95. The largest absolute Gasteiger partial charge is 0.494 e. The highest BCUT2D eigenvalue weighted by Crippen LogP contribution is 2.32. The maximum absolute atomic E-state index is 14.8. The van der Waals surface area contributed by atoms with Crippen molar-refractivity contribution in [1.82, 2.24) is 24.7 Å². The van der Waals surface area contributed by atoms with Crippen LogP contribution in [0, 0.1) is 5.82 Å². The van der Waals surface area contributed by atoms with Gasteiger partial charge in [0.2, 0.25) is 5.91 Å². The van der Waals surface area contributed by atoms with Gasteiger partial charge in [-0.25, -0.2) is 9.37 Å². The number of carbonyl (C=O) groups is 1. The average molecular weight is 774 g/mol. The van der Waals surface area contributed by atoms with Gasteiger partial charge in [-0.15, -0.1) is 0 Å². The van der Waals surface area contributed by atoms with Crippen molar-refractivity contribution in [3.8, 4) is 11.4 Å². The quantitative estimate of drug-likeness (QED) is 0.108. The number of morpholine rings is 1. The minimum Gasteiger partial charge on any atom is -0.494 e. The molecule has 1 N–H and O–H groups in total. The molecule has 0 spiro atoms. The Balaban J connectivity index is 1.43. The summed E-state index contributed by atoms with van der Waals surface area (Å²) in [4.78, 5) is 38.0. The van der Waals surface area contributed by atoms with Crippen LogP contribution in [0.25, 0.3) is 16.6 Å². The van der Waals surface area contributed by atoms with Crippen LogP contribution in [0.1, 0.15) is 48.8 Å². The van der Waals surface area contributed by atoms with Gasteiger partial charge in [0, 0.05) is 32.2 Å². The van der Waals surface area contributed by atoms with Crippen molar-refractivity contribution in [2.75, 3.05) is 52.5 Å². The summed E-state index contributed by atoms with van der Waals surface area (Å²) >= 11 is 0. The number of halogens is 4. The van der Waals surface area contributed by atoms with Crippen molar-refractivity contribution in [2.24, 2.45) is 0 Å². The third kappa shape index (κ3) is 10.2. The molecular weight excluding hydrogens is 726 g/mol. The highest BCUT2D eigenvalue weighted by Gasteiger charge is 2.35. The number of alkyl halides is 3. The van der Waals surface area contributed by atoms with Crippen LogP contribution >= 0.6 is 0 Å². The molecule has 1 aromatic heterocycles. The number of amides is 1. The number of hydrogen-bond donors (Lipinski definition) is 1. The fourth-order valence-corrected chi connectivity index (χ4v) is 7.11. The van der Waals surface area contributed by atoms with Crippen molar-refractivity contribution in [2.45, 2.75) is 51.4 Å². The van der Waals surface area contributed by atoms with Gasteiger partial charge in [0.15, 0.2) is 0 Å². The number of carbonyl (C=O) groups excluding carboxylic acids is 1. The molecule has 2 heterocycles. The Bertz CT molecular complexity index is 2120. The number of benzene rings is 4. The summed E-state index contributed by atoms with van der Waals surface area (Å²) < 4.78 is 67.9. The Hall–Kier alpha value is -5.11. The van der Waals surface area contributed by atoms with Crippen molar-refractivity contribution in [3.05, 3.63) is 136 Å². The lowest BCUT2D eigenvalue weighted by atomic mass is 10.0. The summed E-state index contributed by atoms with van der Waals surface area (Å²) in [5.74, 6) is -0.945. The maximum atomic E-state index is 14.8. The molecular formula is C43H47F4N5O4. The van der Waals surface area contributed by atoms with Gasteiger partial charge >= 0.3 is 6.18 Å². The second-order valence-corrected chi connectivity index (χ2v) is 13.9. The number of aromatic nitrogens is 2. The molecule has 1 saturated heterocycles. The van der Waals surface area contributed by atoms with Gasteiger partial charge in [0.05, 0.1) is 54.4 Å². The molecule has 4 aromatic carbocycles. The lowest BCUT2D eigenvalue weighted by Gasteiger charge is -2.36. The fraction of sp³-hybridized carbons (Fsp3) is 0.372. The Kier molecular flexibility index (Phi) is 13.5. The SMILES string of the molecule is CCOc1ccc(-n2c(C(CCNC(C)Cc3ccccc3)N(CCN3CCOCC3)C(=O)Cc3ccc(C(F)(F)F)c(F)c3)nc3ccccc3c2=O)cc1. The molecule has 6 rings (SSSR count). The third-order valence-electron chi connectivity index (χ3n) is 9.95. The van der Waals surface area contributed by atoms with Gasteiger partial charge in [-0.2, -0.15) is 13.2 Å². The Morgan fingerprint density at radius 3 is 2.38 bits per heavy atom. The van der Waals surface area contributed by atoms with E-state index in [9.17, 15) is 27.2 Å². The van der Waals surface area contributed by atoms with E-state index in [0.29, 0.717) is 86.7 Å². The second-order valence-electron chi connectivity index (χ2n) is 13.9. The van der Waals surface area contributed by atoms with Crippen LogP contribution in [0.3, 0.4) is 0 Å². The molecule has 2 unspecified atom stereocenters. The van der Waals surface area contributed by atoms with E-state index in [1.54, 1.807) is 53.4 Å². The van der Waals surface area contributed by atoms with Crippen molar-refractivity contribution in [3.63, 3.8) is 0 Å². The summed E-state index contributed by atoms with van der Waals surface area (Å²) in [5, 5.41) is 3.98. The van der Waals surface area contributed by atoms with Crippen LogP contribution in [0.4, 0.5) is 17.6 Å². The predicted molar refractivity (Wildman–Crippen MR) is 208 cm³/mol. The first kappa shape index (κ1) is 40.6. The van der Waals surface area contributed by atoms with E-state index >= 15 is 0 Å². The molecule has 56 heavy (non-hydrogen) atoms. The Morgan fingerprint density at radius 1 is 0.964 bits per heavy atom. The smallest absolute Gasteiger partial charge is 0.419 e. The van der Waals surface area contributed by atoms with E-state index < -0.39 is 29.5 Å². The van der Waals surface area contributed by atoms with Crippen LogP contribution in [-0.2, 0) is 28.5 Å². The number of para-hydroxylation sites is 1. The lowest BCUT2D eigenvalue weighted by Crippen LogP contribution is -2.46. The molecule has 2 atom stereocenters. The van der Waals surface area contributed by atoms with E-state index in [1.165, 1.54) is 4.57 Å². The summed E-state index contributed by atoms with van der Waals surface area (Å²) in [7, 11) is 0. The normalized spacial score (nSPS) is 14.8. The predicted octanol–water partition coefficient (Wildman–Crippen LogP) is 7.00. The van der Waals surface area contributed by atoms with E-state index in [2.05, 4.69) is 29.3 Å². The molecule has 1 aliphatic rings. The highest BCUT2D eigenvalue weighted by atomic mass is 19.4. The topological polar surface area (TPSA) is 88.9 Å². The van der Waals surface area contributed by atoms with Gasteiger partial charge in [0.25, 0.3) is 5.56 Å². The number of fused-ring (bicyclic) bond motifs is 1. The van der Waals surface area contributed by atoms with Crippen molar-refractivity contribution < 1.29 is 31.8 Å². The monoisotopic (exact) mass is 773 g/mol. The Labute approximate surface area is 323 Å². The van der Waals surface area contributed by atoms with Gasteiger partial charge in [-0.05, 0) is 92.9 Å². The number of hydrogen-bond acceptors (Lipinski definition) is 7. The molecule has 0 radical (unpaired) electrons. The molecule has 5 aromatic rings. The average Bonchev–Trinajstić information content (AvgIpc) is 3.18. The van der Waals surface area contributed by atoms with Crippen LogP contribution < -0.4 is 15.6 Å². The van der Waals surface area contributed by atoms with Crippen LogP contribution in [0.2, 0.25) is 0 Å². The van der Waals surface area contributed by atoms with E-state index in [1.807, 2.05) is 25.1 Å². The fourth-order valence-electron chi connectivity index (χ4n) is 7.11. The van der Waals surface area contributed by atoms with E-state index in [4.69, 9.17) is 14.5 Å². The van der Waals surface area contributed by atoms with Gasteiger partial charge in [0.1, 0.15) is 17.4 Å². The molecule has 1 aliphatic heterocycles. The molecule has 1 amide bonds. The van der Waals surface area contributed by atoms with Gasteiger partial charge in [-0.1, -0.05) is 48.5 Å². The molecule has 0 aliphatic carbocycles. The van der Waals surface area contributed by atoms with Crippen LogP contribution in [-0.4, -0.2) is 83.8 Å². The molecule has 1 fully saturated rings. The first-order chi connectivity index (χ1) is 27.0. The number of ether oxygens (including phenoxy) is 2. The first-order valence-corrected chi connectivity index (χ1v) is 19.0. The highest BCUT2D eigenvalue weighted by molar-refractivity contribution is 5.80. The lowest BCUT2D eigenvalue weighted by molar-refractivity contribution is -0.140. The standard InChI is InChI=1S/C43H47F4N5O4/c1-3-56-34-16-14-33(15-17-34)52-41(49-38-12-8-7-11-35(38)42(52)54)39(19-20-48-30(2)27-31-9-5-4-6-10-31)51(22-21-50-23-25-55-26-24-50)40(53)29-32-13-18-36(37(44)28-32)43(45,46)47/h4-18,28,30,39,48H,3,19-27,29H2,1-2H3. The minimum absolute atomic E-state index is 0.0588. The molecule has 13 heteroatoms. The zero-order chi connectivity index (χ0) is 39.7. The number of nitrogens with zero attached hydrogens (tertiary/aromatic N) is 4. The summed E-state index contributed by atoms with van der Waals surface area (Å²) in [5.41, 5.74) is 0.515. The number of rotatable bonds is 16. The van der Waals surface area contributed by atoms with Crippen molar-refractivity contribution in [1.29, 1.82) is 0 Å². The van der Waals surface area contributed by atoms with E-state index in [-0.39, 0.29) is 30.1 Å². The zero-order valence-electron chi connectivity index (χ0n) is 31.6. The number of nitrogens with one attached hydrogen (secondary N) is 1. The van der Waals surface area contributed by atoms with Gasteiger partial charge in [-0.3, -0.25) is 19.1 Å². The molecule has 296 valence electrons. The Morgan fingerprint density at radius 2 is 1.68 bits per heavy atom. The summed E-state index contributed by atoms with van der Waals surface area (Å²) in [6, 6.07) is 26.0. The maximum Gasteiger partial charge on any atom is 0.419 e. The first-order valence-electron chi connectivity index (χ1n) is 19.0. The molecule has 9 nitrogen and oxygen atoms in total. The summed E-state index contributed by atoms with van der Waals surface area (Å²) in [6.45, 7) is 7.90. The summed E-state index contributed by atoms with van der Waals surface area (Å²) in [6.07, 6.45) is -4.15.